The van der Waals surface area contributed by atoms with Gasteiger partial charge < -0.3 is 10.5 Å². The summed E-state index contributed by atoms with van der Waals surface area (Å²) in [7, 11) is 0. The molecule has 0 atom stereocenters. The van der Waals surface area contributed by atoms with Crippen LogP contribution in [0.3, 0.4) is 0 Å². The van der Waals surface area contributed by atoms with Gasteiger partial charge in [0.2, 0.25) is 0 Å². The molecule has 0 aliphatic rings. The van der Waals surface area contributed by atoms with Gasteiger partial charge in [-0.1, -0.05) is 0 Å². The largest absolute Gasteiger partial charge is 0.466 e. The van der Waals surface area contributed by atoms with Crippen LogP contribution in [0.1, 0.15) is 35.9 Å². The van der Waals surface area contributed by atoms with E-state index in [-0.39, 0.29) is 18.8 Å². The molecule has 21 heavy (non-hydrogen) atoms. The highest BCUT2D eigenvalue weighted by molar-refractivity contribution is 5.73. The van der Waals surface area contributed by atoms with Crippen molar-refractivity contribution in [2.24, 2.45) is 5.73 Å². The summed E-state index contributed by atoms with van der Waals surface area (Å²) in [6.45, 7) is 1.12. The monoisotopic (exact) mass is 312 g/mol. The van der Waals surface area contributed by atoms with E-state index in [0.717, 1.165) is 6.07 Å². The van der Waals surface area contributed by atoms with E-state index < -0.39 is 41.8 Å². The van der Waals surface area contributed by atoms with Crippen LogP contribution in [0.4, 0.5) is 22.0 Å². The molecular formula is C12H13F5N2O2. The van der Waals surface area contributed by atoms with Crippen molar-refractivity contribution in [3.8, 4) is 0 Å². The Morgan fingerprint density at radius 3 is 2.48 bits per heavy atom. The van der Waals surface area contributed by atoms with Crippen LogP contribution in [0.25, 0.3) is 0 Å². The zero-order chi connectivity index (χ0) is 16.2. The molecule has 1 aromatic heterocycles. The van der Waals surface area contributed by atoms with Crippen molar-refractivity contribution in [3.05, 3.63) is 28.6 Å². The number of halogens is 5. The number of hydrogen-bond acceptors (Lipinski definition) is 4. The summed E-state index contributed by atoms with van der Waals surface area (Å²) in [5.41, 5.74) is 1.42. The quantitative estimate of drug-likeness (QED) is 0.670. The van der Waals surface area contributed by atoms with Gasteiger partial charge in [-0.3, -0.25) is 4.79 Å². The Morgan fingerprint density at radius 2 is 2.05 bits per heavy atom. The minimum Gasteiger partial charge on any atom is -0.466 e. The first-order valence-corrected chi connectivity index (χ1v) is 5.94. The third-order valence-corrected chi connectivity index (χ3v) is 2.52. The van der Waals surface area contributed by atoms with Gasteiger partial charge in [0, 0.05) is 6.54 Å². The van der Waals surface area contributed by atoms with Crippen LogP contribution in [0.15, 0.2) is 6.07 Å². The number of aromatic nitrogens is 1. The lowest BCUT2D eigenvalue weighted by atomic mass is 10.0. The average Bonchev–Trinajstić information content (AvgIpc) is 2.36. The fourth-order valence-electron chi connectivity index (χ4n) is 1.78. The van der Waals surface area contributed by atoms with Crippen LogP contribution in [0.2, 0.25) is 0 Å². The van der Waals surface area contributed by atoms with Gasteiger partial charge in [0.25, 0.3) is 6.43 Å². The van der Waals surface area contributed by atoms with E-state index in [1.54, 1.807) is 0 Å². The predicted octanol–water partition coefficient (Wildman–Crippen LogP) is 2.60. The summed E-state index contributed by atoms with van der Waals surface area (Å²) in [4.78, 5) is 14.6. The Kier molecular flexibility index (Phi) is 5.59. The fourth-order valence-corrected chi connectivity index (χ4v) is 1.78. The molecule has 0 unspecified atom stereocenters. The molecule has 0 aliphatic heterocycles. The molecule has 0 amide bonds. The van der Waals surface area contributed by atoms with Crippen molar-refractivity contribution in [2.75, 3.05) is 6.61 Å². The number of pyridine rings is 1. The van der Waals surface area contributed by atoms with Gasteiger partial charge in [0.15, 0.2) is 0 Å². The molecule has 4 nitrogen and oxygen atoms in total. The van der Waals surface area contributed by atoms with Crippen LogP contribution in [0.5, 0.6) is 0 Å². The Bertz CT molecular complexity index is 517. The fraction of sp³-hybridized carbons (Fsp3) is 0.500. The number of alkyl halides is 5. The number of nitrogens with two attached hydrogens (primary N) is 1. The van der Waals surface area contributed by atoms with E-state index in [2.05, 4.69) is 9.72 Å². The highest BCUT2D eigenvalue weighted by Crippen LogP contribution is 2.38. The van der Waals surface area contributed by atoms with Gasteiger partial charge in [-0.05, 0) is 18.6 Å². The maximum Gasteiger partial charge on any atom is 0.418 e. The first kappa shape index (κ1) is 17.3. The molecule has 0 fully saturated rings. The number of ether oxygens (including phenoxy) is 1. The van der Waals surface area contributed by atoms with E-state index in [1.807, 2.05) is 0 Å². The molecule has 0 radical (unpaired) electrons. The van der Waals surface area contributed by atoms with Crippen molar-refractivity contribution in [1.82, 2.24) is 4.98 Å². The van der Waals surface area contributed by atoms with E-state index in [0.29, 0.717) is 0 Å². The lowest BCUT2D eigenvalue weighted by Gasteiger charge is -2.17. The normalized spacial score (nSPS) is 11.8. The van der Waals surface area contributed by atoms with Crippen LogP contribution in [-0.4, -0.2) is 17.6 Å². The Morgan fingerprint density at radius 1 is 1.43 bits per heavy atom. The molecule has 118 valence electrons. The van der Waals surface area contributed by atoms with Gasteiger partial charge >= 0.3 is 12.1 Å². The SMILES string of the molecule is CCOC(=O)Cc1cc(CN)nc(C(F)F)c1C(F)(F)F. The Labute approximate surface area is 117 Å². The lowest BCUT2D eigenvalue weighted by Crippen LogP contribution is -2.20. The van der Waals surface area contributed by atoms with Crippen LogP contribution in [-0.2, 0) is 28.7 Å². The second-order valence-electron chi connectivity index (χ2n) is 4.02. The lowest BCUT2D eigenvalue weighted by molar-refractivity contribution is -0.144. The molecule has 0 saturated heterocycles. The number of esters is 1. The average molecular weight is 312 g/mol. The third-order valence-electron chi connectivity index (χ3n) is 2.52. The standard InChI is InChI=1S/C12H13F5N2O2/c1-2-21-8(20)4-6-3-7(5-18)19-10(11(13)14)9(6)12(15,16)17/h3,11H,2,4-5,18H2,1H3. The zero-order valence-corrected chi connectivity index (χ0v) is 11.0. The summed E-state index contributed by atoms with van der Waals surface area (Å²) < 4.78 is 69.1. The minimum absolute atomic E-state index is 0.0310. The van der Waals surface area contributed by atoms with Gasteiger partial charge in [0.05, 0.1) is 24.3 Å². The number of carbonyl (C=O) groups is 1. The Hall–Kier alpha value is -1.77. The first-order valence-electron chi connectivity index (χ1n) is 5.94. The molecule has 1 rings (SSSR count). The summed E-state index contributed by atoms with van der Waals surface area (Å²) >= 11 is 0. The molecule has 1 heterocycles. The summed E-state index contributed by atoms with van der Waals surface area (Å²) in [6, 6.07) is 0.894. The molecule has 2 N–H and O–H groups in total. The van der Waals surface area contributed by atoms with Crippen molar-refractivity contribution in [1.29, 1.82) is 0 Å². The number of rotatable bonds is 5. The molecule has 9 heteroatoms. The van der Waals surface area contributed by atoms with Crippen LogP contribution in [0, 0.1) is 0 Å². The van der Waals surface area contributed by atoms with Gasteiger partial charge in [-0.25, -0.2) is 13.8 Å². The summed E-state index contributed by atoms with van der Waals surface area (Å²) in [5.74, 6) is -0.947. The summed E-state index contributed by atoms with van der Waals surface area (Å²) in [5, 5.41) is 0. The van der Waals surface area contributed by atoms with E-state index in [9.17, 15) is 26.7 Å². The number of nitrogens with zero attached hydrogens (tertiary/aromatic N) is 1. The molecule has 0 spiro atoms. The second kappa shape index (κ2) is 6.79. The number of carbonyl (C=O) groups excluding carboxylic acids is 1. The third kappa shape index (κ3) is 4.35. The van der Waals surface area contributed by atoms with Crippen molar-refractivity contribution in [2.45, 2.75) is 32.5 Å². The minimum atomic E-state index is -5.06. The zero-order valence-electron chi connectivity index (χ0n) is 11.0. The van der Waals surface area contributed by atoms with Crippen molar-refractivity contribution < 1.29 is 31.5 Å². The van der Waals surface area contributed by atoms with Crippen molar-refractivity contribution in [3.63, 3.8) is 0 Å². The predicted molar refractivity (Wildman–Crippen MR) is 62.4 cm³/mol. The molecule has 0 bridgehead atoms. The van der Waals surface area contributed by atoms with Gasteiger partial charge in [-0.2, -0.15) is 13.2 Å². The van der Waals surface area contributed by atoms with E-state index in [1.165, 1.54) is 6.92 Å². The maximum absolute atomic E-state index is 13.0. The van der Waals surface area contributed by atoms with Crippen molar-refractivity contribution >= 4 is 5.97 Å². The molecule has 0 aromatic carbocycles. The van der Waals surface area contributed by atoms with E-state index >= 15 is 0 Å². The molecule has 1 aromatic rings. The highest BCUT2D eigenvalue weighted by atomic mass is 19.4. The maximum atomic E-state index is 13.0. The summed E-state index contributed by atoms with van der Waals surface area (Å²) in [6.07, 6.45) is -9.28. The number of hydrogen-bond donors (Lipinski definition) is 1. The Balaban J connectivity index is 3.43. The van der Waals surface area contributed by atoms with Crippen LogP contribution >= 0.6 is 0 Å². The highest BCUT2D eigenvalue weighted by Gasteiger charge is 2.40. The van der Waals surface area contributed by atoms with Crippen LogP contribution < -0.4 is 5.73 Å². The molecule has 0 saturated carbocycles. The molecule has 0 aliphatic carbocycles. The smallest absolute Gasteiger partial charge is 0.418 e. The van der Waals surface area contributed by atoms with E-state index in [4.69, 9.17) is 5.73 Å². The van der Waals surface area contributed by atoms with Gasteiger partial charge in [0.1, 0.15) is 5.69 Å². The van der Waals surface area contributed by atoms with Gasteiger partial charge in [-0.15, -0.1) is 0 Å². The second-order valence-corrected chi connectivity index (χ2v) is 4.02. The first-order chi connectivity index (χ1) is 9.70. The topological polar surface area (TPSA) is 65.2 Å². The molecular weight excluding hydrogens is 299 g/mol.